The highest BCUT2D eigenvalue weighted by Gasteiger charge is 2.42. The maximum absolute atomic E-state index is 12.4. The molecular formula is C14H23N5O2. The minimum absolute atomic E-state index is 0.114. The highest BCUT2D eigenvalue weighted by atomic mass is 16.5. The number of aromatic nitrogens is 3. The van der Waals surface area contributed by atoms with Crippen molar-refractivity contribution in [2.24, 2.45) is 0 Å². The Balaban J connectivity index is 1.71. The number of ether oxygens (including phenoxy) is 1. The van der Waals surface area contributed by atoms with E-state index in [0.29, 0.717) is 25.7 Å². The van der Waals surface area contributed by atoms with Gasteiger partial charge in [-0.2, -0.15) is 9.78 Å². The Morgan fingerprint density at radius 3 is 2.90 bits per heavy atom. The first-order valence-corrected chi connectivity index (χ1v) is 7.62. The van der Waals surface area contributed by atoms with Gasteiger partial charge in [0.1, 0.15) is 12.7 Å². The number of carbonyl (C=O) groups excluding carboxylic acids is 1. The van der Waals surface area contributed by atoms with Crippen LogP contribution in [0.3, 0.4) is 0 Å². The molecule has 0 radical (unpaired) electrons. The number of rotatable bonds is 1. The fraction of sp³-hybridized carbons (Fsp3) is 0.786. The lowest BCUT2D eigenvalue weighted by Crippen LogP contribution is -2.62. The van der Waals surface area contributed by atoms with E-state index in [-0.39, 0.29) is 11.6 Å². The van der Waals surface area contributed by atoms with Gasteiger partial charge in [0.15, 0.2) is 0 Å². The Bertz CT molecular complexity index is 486. The van der Waals surface area contributed by atoms with E-state index in [2.05, 4.69) is 28.8 Å². The summed E-state index contributed by atoms with van der Waals surface area (Å²) in [6.45, 7) is 8.26. The van der Waals surface area contributed by atoms with E-state index in [1.807, 2.05) is 4.90 Å². The first-order chi connectivity index (χ1) is 10.1. The number of hydrogen-bond donors (Lipinski definition) is 0. The quantitative estimate of drug-likeness (QED) is 0.767. The number of likely N-dealkylation sites (tertiary alicyclic amines) is 1. The molecule has 3 rings (SSSR count). The van der Waals surface area contributed by atoms with Crippen molar-refractivity contribution >= 4 is 6.03 Å². The maximum atomic E-state index is 12.4. The van der Waals surface area contributed by atoms with Gasteiger partial charge in [0.05, 0.1) is 18.8 Å². The molecule has 7 heteroatoms. The number of morpholine rings is 1. The van der Waals surface area contributed by atoms with E-state index in [1.54, 1.807) is 0 Å². The van der Waals surface area contributed by atoms with Crippen molar-refractivity contribution in [1.82, 2.24) is 24.6 Å². The summed E-state index contributed by atoms with van der Waals surface area (Å²) in [7, 11) is 0. The SMILES string of the molecule is CC(C)N1CCCC2(CN(C(=O)n3cncn3)CCO2)C1. The Labute approximate surface area is 124 Å². The molecule has 0 N–H and O–H groups in total. The lowest BCUT2D eigenvalue weighted by molar-refractivity contribution is -0.134. The predicted octanol–water partition coefficient (Wildman–Crippen LogP) is 0.821. The molecule has 116 valence electrons. The molecule has 7 nitrogen and oxygen atoms in total. The minimum Gasteiger partial charge on any atom is -0.370 e. The van der Waals surface area contributed by atoms with Crippen molar-refractivity contribution in [3.8, 4) is 0 Å². The topological polar surface area (TPSA) is 63.5 Å². The standard InChI is InChI=1S/C14H23N5O2/c1-12(2)17-5-3-4-14(8-17)9-18(6-7-21-14)13(20)19-11-15-10-16-19/h10-12H,3-9H2,1-2H3. The van der Waals surface area contributed by atoms with Crippen LogP contribution in [0.2, 0.25) is 0 Å². The zero-order chi connectivity index (χ0) is 14.9. The molecule has 1 spiro atoms. The van der Waals surface area contributed by atoms with Crippen molar-refractivity contribution in [3.05, 3.63) is 12.7 Å². The molecule has 1 amide bonds. The van der Waals surface area contributed by atoms with Crippen molar-refractivity contribution in [2.45, 2.75) is 38.3 Å². The predicted molar refractivity (Wildman–Crippen MR) is 77.0 cm³/mol. The summed E-state index contributed by atoms with van der Waals surface area (Å²) in [5.74, 6) is 0. The summed E-state index contributed by atoms with van der Waals surface area (Å²) in [6, 6.07) is 0.393. The van der Waals surface area contributed by atoms with Crippen LogP contribution < -0.4 is 0 Å². The molecule has 3 heterocycles. The molecular weight excluding hydrogens is 270 g/mol. The van der Waals surface area contributed by atoms with Crippen molar-refractivity contribution in [1.29, 1.82) is 0 Å². The number of carbonyl (C=O) groups is 1. The van der Waals surface area contributed by atoms with Gasteiger partial charge >= 0.3 is 6.03 Å². The summed E-state index contributed by atoms with van der Waals surface area (Å²) in [5.41, 5.74) is -0.225. The van der Waals surface area contributed by atoms with E-state index in [4.69, 9.17) is 4.74 Å². The Morgan fingerprint density at radius 2 is 2.19 bits per heavy atom. The van der Waals surface area contributed by atoms with E-state index < -0.39 is 0 Å². The first kappa shape index (κ1) is 14.5. The van der Waals surface area contributed by atoms with Gasteiger partial charge in [0.2, 0.25) is 0 Å². The summed E-state index contributed by atoms with van der Waals surface area (Å²) < 4.78 is 7.40. The van der Waals surface area contributed by atoms with Crippen LogP contribution >= 0.6 is 0 Å². The van der Waals surface area contributed by atoms with Crippen LogP contribution in [0.25, 0.3) is 0 Å². The molecule has 0 aromatic carbocycles. The van der Waals surface area contributed by atoms with Gasteiger partial charge in [-0.25, -0.2) is 9.78 Å². The van der Waals surface area contributed by atoms with Gasteiger partial charge in [0, 0.05) is 19.1 Å². The fourth-order valence-electron chi connectivity index (χ4n) is 3.28. The van der Waals surface area contributed by atoms with E-state index in [9.17, 15) is 4.79 Å². The average molecular weight is 293 g/mol. The molecule has 1 atom stereocenters. The summed E-state index contributed by atoms with van der Waals surface area (Å²) in [6.07, 6.45) is 4.96. The molecule has 2 fully saturated rings. The third-order valence-electron chi connectivity index (χ3n) is 4.43. The molecule has 0 bridgehead atoms. The van der Waals surface area contributed by atoms with Crippen LogP contribution in [0.1, 0.15) is 26.7 Å². The summed E-state index contributed by atoms with van der Waals surface area (Å²) >= 11 is 0. The van der Waals surface area contributed by atoms with Crippen LogP contribution in [0, 0.1) is 0 Å². The summed E-state index contributed by atoms with van der Waals surface area (Å²) in [5, 5.41) is 3.93. The zero-order valence-corrected chi connectivity index (χ0v) is 12.7. The van der Waals surface area contributed by atoms with Gasteiger partial charge in [-0.15, -0.1) is 0 Å². The summed E-state index contributed by atoms with van der Waals surface area (Å²) in [4.78, 5) is 20.5. The largest absolute Gasteiger partial charge is 0.370 e. The van der Waals surface area contributed by atoms with Crippen molar-refractivity contribution in [2.75, 3.05) is 32.8 Å². The minimum atomic E-state index is -0.225. The lowest BCUT2D eigenvalue weighted by atomic mass is 9.90. The Hall–Kier alpha value is -1.47. The highest BCUT2D eigenvalue weighted by molar-refractivity contribution is 5.75. The molecule has 1 aromatic rings. The van der Waals surface area contributed by atoms with Gasteiger partial charge < -0.3 is 9.64 Å². The smallest absolute Gasteiger partial charge is 0.346 e. The van der Waals surface area contributed by atoms with Crippen LogP contribution in [-0.4, -0.2) is 75.0 Å². The average Bonchev–Trinajstić information content (AvgIpc) is 3.00. The van der Waals surface area contributed by atoms with Crippen LogP contribution in [0.4, 0.5) is 4.79 Å². The fourth-order valence-corrected chi connectivity index (χ4v) is 3.28. The first-order valence-electron chi connectivity index (χ1n) is 7.62. The molecule has 0 saturated carbocycles. The lowest BCUT2D eigenvalue weighted by Gasteiger charge is -2.48. The molecule has 2 aliphatic heterocycles. The van der Waals surface area contributed by atoms with Gasteiger partial charge in [-0.3, -0.25) is 4.90 Å². The van der Waals surface area contributed by atoms with Crippen LogP contribution in [-0.2, 0) is 4.74 Å². The van der Waals surface area contributed by atoms with Gasteiger partial charge in [-0.1, -0.05) is 0 Å². The second-order valence-corrected chi connectivity index (χ2v) is 6.24. The number of nitrogens with zero attached hydrogens (tertiary/aromatic N) is 5. The zero-order valence-electron chi connectivity index (χ0n) is 12.7. The number of amides is 1. The van der Waals surface area contributed by atoms with E-state index in [0.717, 1.165) is 25.9 Å². The van der Waals surface area contributed by atoms with Gasteiger partial charge in [-0.05, 0) is 33.2 Å². The molecule has 0 aliphatic carbocycles. The third kappa shape index (κ3) is 2.94. The molecule has 1 aromatic heterocycles. The van der Waals surface area contributed by atoms with Gasteiger partial charge in [0.25, 0.3) is 0 Å². The van der Waals surface area contributed by atoms with E-state index in [1.165, 1.54) is 17.3 Å². The van der Waals surface area contributed by atoms with Crippen LogP contribution in [0.5, 0.6) is 0 Å². The maximum Gasteiger partial charge on any atom is 0.346 e. The molecule has 1 unspecified atom stereocenters. The van der Waals surface area contributed by atoms with E-state index >= 15 is 0 Å². The second kappa shape index (κ2) is 5.73. The number of hydrogen-bond acceptors (Lipinski definition) is 5. The third-order valence-corrected chi connectivity index (χ3v) is 4.43. The Kier molecular flexibility index (Phi) is 3.95. The highest BCUT2D eigenvalue weighted by Crippen LogP contribution is 2.30. The normalized spacial score (nSPS) is 27.5. The Morgan fingerprint density at radius 1 is 1.33 bits per heavy atom. The van der Waals surface area contributed by atoms with Crippen molar-refractivity contribution < 1.29 is 9.53 Å². The van der Waals surface area contributed by atoms with Crippen molar-refractivity contribution in [3.63, 3.8) is 0 Å². The second-order valence-electron chi connectivity index (χ2n) is 6.24. The van der Waals surface area contributed by atoms with Crippen LogP contribution in [0.15, 0.2) is 12.7 Å². The molecule has 2 saturated heterocycles. The molecule has 2 aliphatic rings. The molecule has 21 heavy (non-hydrogen) atoms. The number of piperidine rings is 1. The monoisotopic (exact) mass is 293 g/mol.